The maximum absolute atomic E-state index is 11.8. The maximum Gasteiger partial charge on any atom is 0.407 e. The summed E-state index contributed by atoms with van der Waals surface area (Å²) in [6, 6.07) is 9.42. The summed E-state index contributed by atoms with van der Waals surface area (Å²) in [5, 5.41) is 5.33. The topological polar surface area (TPSA) is 119 Å². The van der Waals surface area contributed by atoms with Gasteiger partial charge in [-0.1, -0.05) is 30.3 Å². The van der Waals surface area contributed by atoms with Crippen molar-refractivity contribution < 1.29 is 18.7 Å². The van der Waals surface area contributed by atoms with Crippen LogP contribution in [0.25, 0.3) is 0 Å². The zero-order valence-corrected chi connectivity index (χ0v) is 13.9. The minimum Gasteiger partial charge on any atom is -0.448 e. The molecule has 0 aliphatic carbocycles. The fourth-order valence-electron chi connectivity index (χ4n) is 2.00. The van der Waals surface area contributed by atoms with E-state index in [0.29, 0.717) is 38.4 Å². The van der Waals surface area contributed by atoms with Crippen LogP contribution in [0.2, 0.25) is 0 Å². The number of benzene rings is 1. The molecule has 0 atom stereocenters. The lowest BCUT2D eigenvalue weighted by atomic mass is 10.2. The number of amides is 2. The molecule has 4 N–H and O–H groups in total. The number of ether oxygens (including phenoxy) is 1. The number of carbonyl (C=O) groups is 2. The first-order chi connectivity index (χ1) is 12.2. The normalized spacial score (nSPS) is 10.3. The molecule has 0 radical (unpaired) electrons. The molecule has 0 fully saturated rings. The van der Waals surface area contributed by atoms with Gasteiger partial charge in [-0.3, -0.25) is 4.79 Å². The number of aromatic nitrogens is 1. The molecule has 2 rings (SSSR count). The smallest absolute Gasteiger partial charge is 0.407 e. The molecule has 25 heavy (non-hydrogen) atoms. The van der Waals surface area contributed by atoms with Crippen LogP contribution < -0.4 is 16.4 Å². The van der Waals surface area contributed by atoms with Gasteiger partial charge in [0.25, 0.3) is 5.91 Å². The summed E-state index contributed by atoms with van der Waals surface area (Å²) in [4.78, 5) is 27.4. The van der Waals surface area contributed by atoms with Crippen molar-refractivity contribution in [2.45, 2.75) is 19.4 Å². The molecule has 0 bridgehead atoms. The number of hydrogen-bond donors (Lipinski definition) is 3. The Hall–Kier alpha value is -2.87. The standard InChI is InChI=1S/C17H22N4O4/c18-8-7-15-21-14(12-24-15)16(22)19-9-4-10-20-17(23)25-11-13-5-2-1-3-6-13/h1-3,5-6,12H,4,7-11,18H2,(H,19,22)(H,20,23). The van der Waals surface area contributed by atoms with Crippen LogP contribution in [-0.4, -0.2) is 36.6 Å². The Labute approximate surface area is 145 Å². The van der Waals surface area contributed by atoms with E-state index in [0.717, 1.165) is 5.56 Å². The highest BCUT2D eigenvalue weighted by atomic mass is 16.5. The Morgan fingerprint density at radius 3 is 2.68 bits per heavy atom. The van der Waals surface area contributed by atoms with Crippen LogP contribution in [0.3, 0.4) is 0 Å². The van der Waals surface area contributed by atoms with Gasteiger partial charge in [0.05, 0.1) is 0 Å². The maximum atomic E-state index is 11.8. The second-order valence-corrected chi connectivity index (χ2v) is 5.26. The third-order valence-corrected chi connectivity index (χ3v) is 3.26. The van der Waals surface area contributed by atoms with Gasteiger partial charge >= 0.3 is 6.09 Å². The Morgan fingerprint density at radius 2 is 1.92 bits per heavy atom. The zero-order valence-electron chi connectivity index (χ0n) is 13.9. The van der Waals surface area contributed by atoms with Crippen molar-refractivity contribution in [2.75, 3.05) is 19.6 Å². The highest BCUT2D eigenvalue weighted by Crippen LogP contribution is 2.02. The third kappa shape index (κ3) is 6.64. The molecule has 2 amide bonds. The lowest BCUT2D eigenvalue weighted by molar-refractivity contribution is 0.0948. The fourth-order valence-corrected chi connectivity index (χ4v) is 2.00. The number of nitrogens with zero attached hydrogens (tertiary/aromatic N) is 1. The molecule has 0 aliphatic heterocycles. The van der Waals surface area contributed by atoms with E-state index in [1.807, 2.05) is 30.3 Å². The Kier molecular flexibility index (Phi) is 7.45. The summed E-state index contributed by atoms with van der Waals surface area (Å²) in [6.07, 6.45) is 1.87. The van der Waals surface area contributed by atoms with Crippen LogP contribution >= 0.6 is 0 Å². The molecule has 0 spiro atoms. The van der Waals surface area contributed by atoms with Gasteiger partial charge in [0.1, 0.15) is 12.9 Å². The van der Waals surface area contributed by atoms with Crippen molar-refractivity contribution >= 4 is 12.0 Å². The number of alkyl carbamates (subject to hydrolysis) is 1. The number of hydrogen-bond acceptors (Lipinski definition) is 6. The predicted molar refractivity (Wildman–Crippen MR) is 90.8 cm³/mol. The largest absolute Gasteiger partial charge is 0.448 e. The molecular formula is C17H22N4O4. The summed E-state index contributed by atoms with van der Waals surface area (Å²) in [5.74, 6) is 0.120. The molecular weight excluding hydrogens is 324 g/mol. The molecule has 1 aromatic heterocycles. The molecule has 0 saturated carbocycles. The van der Waals surface area contributed by atoms with E-state index in [4.69, 9.17) is 14.9 Å². The van der Waals surface area contributed by atoms with E-state index in [9.17, 15) is 9.59 Å². The van der Waals surface area contributed by atoms with E-state index >= 15 is 0 Å². The summed E-state index contributed by atoms with van der Waals surface area (Å²) in [5.41, 5.74) is 6.54. The van der Waals surface area contributed by atoms with E-state index in [-0.39, 0.29) is 18.2 Å². The zero-order chi connectivity index (χ0) is 17.9. The van der Waals surface area contributed by atoms with Gasteiger partial charge in [-0.05, 0) is 12.0 Å². The Balaban J connectivity index is 1.56. The highest BCUT2D eigenvalue weighted by Gasteiger charge is 2.11. The Morgan fingerprint density at radius 1 is 1.16 bits per heavy atom. The van der Waals surface area contributed by atoms with Crippen LogP contribution in [0.1, 0.15) is 28.4 Å². The van der Waals surface area contributed by atoms with E-state index < -0.39 is 6.09 Å². The van der Waals surface area contributed by atoms with Gasteiger partial charge in [0, 0.05) is 26.1 Å². The van der Waals surface area contributed by atoms with Crippen molar-refractivity contribution in [3.8, 4) is 0 Å². The van der Waals surface area contributed by atoms with Gasteiger partial charge in [-0.15, -0.1) is 0 Å². The van der Waals surface area contributed by atoms with Crippen molar-refractivity contribution in [1.29, 1.82) is 0 Å². The van der Waals surface area contributed by atoms with Crippen LogP contribution in [0, 0.1) is 0 Å². The van der Waals surface area contributed by atoms with Crippen molar-refractivity contribution in [3.05, 3.63) is 53.7 Å². The second kappa shape index (κ2) is 10.1. The van der Waals surface area contributed by atoms with Crippen molar-refractivity contribution in [2.24, 2.45) is 5.73 Å². The first-order valence-electron chi connectivity index (χ1n) is 8.06. The fraction of sp³-hybridized carbons (Fsp3) is 0.353. The van der Waals surface area contributed by atoms with Gasteiger partial charge in [0.15, 0.2) is 11.6 Å². The SMILES string of the molecule is NCCc1nc(C(=O)NCCCNC(=O)OCc2ccccc2)co1. The summed E-state index contributed by atoms with van der Waals surface area (Å²) >= 11 is 0. The number of oxazole rings is 1. The van der Waals surface area contributed by atoms with Crippen LogP contribution in [0.5, 0.6) is 0 Å². The molecule has 0 unspecified atom stereocenters. The quantitative estimate of drug-likeness (QED) is 0.587. The number of nitrogens with one attached hydrogen (secondary N) is 2. The minimum absolute atomic E-state index is 0.221. The molecule has 1 aromatic carbocycles. The van der Waals surface area contributed by atoms with E-state index in [2.05, 4.69) is 15.6 Å². The summed E-state index contributed by atoms with van der Waals surface area (Å²) < 4.78 is 10.2. The average molecular weight is 346 g/mol. The first-order valence-corrected chi connectivity index (χ1v) is 8.06. The van der Waals surface area contributed by atoms with Crippen molar-refractivity contribution in [3.63, 3.8) is 0 Å². The average Bonchev–Trinajstić information content (AvgIpc) is 3.09. The van der Waals surface area contributed by atoms with Gasteiger partial charge < -0.3 is 25.5 Å². The molecule has 0 saturated heterocycles. The predicted octanol–water partition coefficient (Wildman–Crippen LogP) is 1.22. The Bertz CT molecular complexity index is 672. The number of nitrogens with two attached hydrogens (primary N) is 1. The van der Waals surface area contributed by atoms with Crippen LogP contribution in [-0.2, 0) is 17.8 Å². The first kappa shape index (κ1) is 18.5. The second-order valence-electron chi connectivity index (χ2n) is 5.26. The number of rotatable bonds is 9. The van der Waals surface area contributed by atoms with E-state index in [1.165, 1.54) is 6.26 Å². The van der Waals surface area contributed by atoms with Gasteiger partial charge in [-0.2, -0.15) is 0 Å². The molecule has 2 aromatic rings. The summed E-state index contributed by atoms with van der Waals surface area (Å²) in [6.45, 7) is 1.43. The minimum atomic E-state index is -0.488. The van der Waals surface area contributed by atoms with Crippen LogP contribution in [0.15, 0.2) is 41.0 Å². The molecule has 134 valence electrons. The van der Waals surface area contributed by atoms with Gasteiger partial charge in [0.2, 0.25) is 0 Å². The number of carbonyl (C=O) groups excluding carboxylic acids is 2. The summed E-state index contributed by atoms with van der Waals surface area (Å²) in [7, 11) is 0. The molecule has 8 nitrogen and oxygen atoms in total. The molecule has 0 aliphatic rings. The highest BCUT2D eigenvalue weighted by molar-refractivity contribution is 5.91. The third-order valence-electron chi connectivity index (χ3n) is 3.26. The lowest BCUT2D eigenvalue weighted by Crippen LogP contribution is -2.30. The monoisotopic (exact) mass is 346 g/mol. The van der Waals surface area contributed by atoms with Gasteiger partial charge in [-0.25, -0.2) is 9.78 Å². The van der Waals surface area contributed by atoms with Crippen LogP contribution in [0.4, 0.5) is 4.79 Å². The molecule has 1 heterocycles. The lowest BCUT2D eigenvalue weighted by Gasteiger charge is -2.07. The van der Waals surface area contributed by atoms with E-state index in [1.54, 1.807) is 0 Å². The molecule has 8 heteroatoms. The van der Waals surface area contributed by atoms with Crippen molar-refractivity contribution in [1.82, 2.24) is 15.6 Å².